The lowest BCUT2D eigenvalue weighted by molar-refractivity contribution is -0.134. The lowest BCUT2D eigenvalue weighted by Crippen LogP contribution is -2.51. The Morgan fingerprint density at radius 3 is 2.56 bits per heavy atom. The van der Waals surface area contributed by atoms with Crippen LogP contribution in [0, 0.1) is 0 Å². The van der Waals surface area contributed by atoms with Gasteiger partial charge in [-0.25, -0.2) is 5.43 Å². The van der Waals surface area contributed by atoms with E-state index >= 15 is 0 Å². The summed E-state index contributed by atoms with van der Waals surface area (Å²) in [4.78, 5) is 26.8. The van der Waals surface area contributed by atoms with Crippen LogP contribution in [-0.4, -0.2) is 47.9 Å². The van der Waals surface area contributed by atoms with Gasteiger partial charge in [0, 0.05) is 30.7 Å². The third-order valence-corrected chi connectivity index (χ3v) is 5.09. The number of nitrogens with one attached hydrogen (secondary N) is 3. The predicted molar refractivity (Wildman–Crippen MR) is 96.9 cm³/mol. The van der Waals surface area contributed by atoms with Crippen molar-refractivity contribution < 1.29 is 9.59 Å². The summed E-state index contributed by atoms with van der Waals surface area (Å²) in [7, 11) is 0. The summed E-state index contributed by atoms with van der Waals surface area (Å²) in [6, 6.07) is 9.68. The Balaban J connectivity index is 1.44. The molecule has 3 N–H and O–H groups in total. The number of nitrogens with zero attached hydrogens (tertiary/aromatic N) is 1. The molecular weight excluding hydrogens is 316 g/mol. The van der Waals surface area contributed by atoms with Crippen molar-refractivity contribution >= 4 is 11.8 Å². The number of benzene rings is 1. The Labute approximate surface area is 149 Å². The number of carbonyl (C=O) groups is 2. The van der Waals surface area contributed by atoms with Crippen molar-refractivity contribution in [1.82, 2.24) is 21.1 Å². The van der Waals surface area contributed by atoms with Crippen LogP contribution in [0.1, 0.15) is 49.4 Å². The fourth-order valence-electron chi connectivity index (χ4n) is 3.64. The van der Waals surface area contributed by atoms with Crippen LogP contribution in [0.25, 0.3) is 0 Å². The zero-order chi connectivity index (χ0) is 17.6. The first-order chi connectivity index (χ1) is 12.2. The monoisotopic (exact) mass is 344 g/mol. The standard InChI is InChI=1S/C19H28N4O2/c1-2-6-16-13-17(22-21-16)19(25)23-11-9-15(10-12-23)20-18(24)14-7-4-3-5-8-14/h3-5,7-8,15-17,21-22H,2,6,9-13H2,1H3,(H,20,24). The normalized spacial score (nSPS) is 24.3. The topological polar surface area (TPSA) is 73.5 Å². The van der Waals surface area contributed by atoms with Gasteiger partial charge < -0.3 is 10.2 Å². The van der Waals surface area contributed by atoms with Crippen molar-refractivity contribution in [2.75, 3.05) is 13.1 Å². The van der Waals surface area contributed by atoms with Gasteiger partial charge in [-0.05, 0) is 37.8 Å². The highest BCUT2D eigenvalue weighted by molar-refractivity contribution is 5.94. The van der Waals surface area contributed by atoms with E-state index in [-0.39, 0.29) is 23.9 Å². The Bertz CT molecular complexity index is 584. The van der Waals surface area contributed by atoms with Crippen LogP contribution in [-0.2, 0) is 4.79 Å². The van der Waals surface area contributed by atoms with Crippen LogP contribution in [0.5, 0.6) is 0 Å². The molecule has 2 fully saturated rings. The maximum absolute atomic E-state index is 12.6. The smallest absolute Gasteiger partial charge is 0.251 e. The first-order valence-corrected chi connectivity index (χ1v) is 9.33. The van der Waals surface area contributed by atoms with Crippen LogP contribution >= 0.6 is 0 Å². The van der Waals surface area contributed by atoms with Gasteiger partial charge in [0.2, 0.25) is 5.91 Å². The van der Waals surface area contributed by atoms with Crippen LogP contribution in [0.4, 0.5) is 0 Å². The molecule has 0 spiro atoms. The lowest BCUT2D eigenvalue weighted by Gasteiger charge is -2.33. The van der Waals surface area contributed by atoms with E-state index in [2.05, 4.69) is 23.1 Å². The first-order valence-electron chi connectivity index (χ1n) is 9.33. The second-order valence-electron chi connectivity index (χ2n) is 7.00. The molecule has 2 atom stereocenters. The number of hydrazine groups is 1. The fourth-order valence-corrected chi connectivity index (χ4v) is 3.64. The van der Waals surface area contributed by atoms with Gasteiger partial charge in [0.1, 0.15) is 6.04 Å². The molecule has 1 aromatic rings. The second-order valence-corrected chi connectivity index (χ2v) is 7.00. The number of amides is 2. The summed E-state index contributed by atoms with van der Waals surface area (Å²) >= 11 is 0. The molecule has 3 rings (SSSR count). The van der Waals surface area contributed by atoms with E-state index in [0.29, 0.717) is 24.7 Å². The summed E-state index contributed by atoms with van der Waals surface area (Å²) in [5.74, 6) is 0.147. The minimum absolute atomic E-state index is 0.0329. The molecule has 6 nitrogen and oxygen atoms in total. The van der Waals surface area contributed by atoms with Crippen molar-refractivity contribution in [3.05, 3.63) is 35.9 Å². The minimum atomic E-state index is -0.119. The highest BCUT2D eigenvalue weighted by Crippen LogP contribution is 2.17. The molecular formula is C19H28N4O2. The van der Waals surface area contributed by atoms with E-state index in [1.807, 2.05) is 35.2 Å². The highest BCUT2D eigenvalue weighted by Gasteiger charge is 2.33. The van der Waals surface area contributed by atoms with Gasteiger partial charge in [-0.15, -0.1) is 0 Å². The molecule has 2 aliphatic heterocycles. The van der Waals surface area contributed by atoms with Gasteiger partial charge in [-0.2, -0.15) is 0 Å². The third kappa shape index (κ3) is 4.58. The van der Waals surface area contributed by atoms with Gasteiger partial charge in [0.25, 0.3) is 5.91 Å². The molecule has 2 amide bonds. The zero-order valence-electron chi connectivity index (χ0n) is 14.8. The molecule has 2 aliphatic rings. The number of hydrogen-bond acceptors (Lipinski definition) is 4. The molecule has 0 radical (unpaired) electrons. The van der Waals surface area contributed by atoms with Gasteiger partial charge in [-0.1, -0.05) is 31.5 Å². The second kappa shape index (κ2) is 8.45. The van der Waals surface area contributed by atoms with Crippen molar-refractivity contribution in [3.63, 3.8) is 0 Å². The van der Waals surface area contributed by atoms with Crippen LogP contribution in [0.2, 0.25) is 0 Å². The molecule has 2 saturated heterocycles. The van der Waals surface area contributed by atoms with Gasteiger partial charge >= 0.3 is 0 Å². The molecule has 25 heavy (non-hydrogen) atoms. The summed E-state index contributed by atoms with van der Waals surface area (Å²) in [5, 5.41) is 3.08. The average Bonchev–Trinajstić information content (AvgIpc) is 3.11. The Morgan fingerprint density at radius 2 is 1.88 bits per heavy atom. The molecule has 1 aromatic carbocycles. The number of likely N-dealkylation sites (tertiary alicyclic amines) is 1. The summed E-state index contributed by atoms with van der Waals surface area (Å²) < 4.78 is 0. The van der Waals surface area contributed by atoms with E-state index in [9.17, 15) is 9.59 Å². The van der Waals surface area contributed by atoms with Crippen molar-refractivity contribution in [1.29, 1.82) is 0 Å². The SMILES string of the molecule is CCCC1CC(C(=O)N2CCC(NC(=O)c3ccccc3)CC2)NN1. The molecule has 0 bridgehead atoms. The van der Waals surface area contributed by atoms with Gasteiger partial charge in [-0.3, -0.25) is 15.0 Å². The molecule has 2 heterocycles. The Morgan fingerprint density at radius 1 is 1.16 bits per heavy atom. The zero-order valence-corrected chi connectivity index (χ0v) is 14.8. The third-order valence-electron chi connectivity index (χ3n) is 5.09. The van der Waals surface area contributed by atoms with Crippen molar-refractivity contribution in [3.8, 4) is 0 Å². The Kier molecular flexibility index (Phi) is 6.04. The molecule has 136 valence electrons. The number of hydrogen-bond donors (Lipinski definition) is 3. The van der Waals surface area contributed by atoms with Crippen molar-refractivity contribution in [2.24, 2.45) is 0 Å². The lowest BCUT2D eigenvalue weighted by atomic mass is 10.0. The largest absolute Gasteiger partial charge is 0.349 e. The Hall–Kier alpha value is -1.92. The maximum Gasteiger partial charge on any atom is 0.251 e. The van der Waals surface area contributed by atoms with Crippen LogP contribution in [0.15, 0.2) is 30.3 Å². The highest BCUT2D eigenvalue weighted by atomic mass is 16.2. The molecule has 2 unspecified atom stereocenters. The van der Waals surface area contributed by atoms with Gasteiger partial charge in [0.05, 0.1) is 0 Å². The number of piperidine rings is 1. The maximum atomic E-state index is 12.6. The van der Waals surface area contributed by atoms with Crippen LogP contribution < -0.4 is 16.2 Å². The van der Waals surface area contributed by atoms with E-state index < -0.39 is 0 Å². The average molecular weight is 344 g/mol. The summed E-state index contributed by atoms with van der Waals surface area (Å²) in [6.45, 7) is 3.57. The summed E-state index contributed by atoms with van der Waals surface area (Å²) in [6.07, 6.45) is 4.68. The van der Waals surface area contributed by atoms with E-state index in [0.717, 1.165) is 32.1 Å². The minimum Gasteiger partial charge on any atom is -0.349 e. The molecule has 6 heteroatoms. The van der Waals surface area contributed by atoms with E-state index in [1.165, 1.54) is 0 Å². The van der Waals surface area contributed by atoms with E-state index in [4.69, 9.17) is 0 Å². The quantitative estimate of drug-likeness (QED) is 0.756. The fraction of sp³-hybridized carbons (Fsp3) is 0.579. The van der Waals surface area contributed by atoms with E-state index in [1.54, 1.807) is 0 Å². The first kappa shape index (κ1) is 17.9. The number of carbonyl (C=O) groups excluding carboxylic acids is 2. The van der Waals surface area contributed by atoms with Gasteiger partial charge in [0.15, 0.2) is 0 Å². The predicted octanol–water partition coefficient (Wildman–Crippen LogP) is 1.44. The number of rotatable bonds is 5. The molecule has 0 aromatic heterocycles. The molecule has 0 saturated carbocycles. The van der Waals surface area contributed by atoms with Crippen molar-refractivity contribution in [2.45, 2.75) is 57.2 Å². The van der Waals surface area contributed by atoms with Crippen LogP contribution in [0.3, 0.4) is 0 Å². The molecule has 0 aliphatic carbocycles. The summed E-state index contributed by atoms with van der Waals surface area (Å²) in [5.41, 5.74) is 7.05.